The Morgan fingerprint density at radius 1 is 1.06 bits per heavy atom. The van der Waals surface area contributed by atoms with Crippen LogP contribution in [-0.2, 0) is 19.6 Å². The van der Waals surface area contributed by atoms with Gasteiger partial charge in [0.25, 0.3) is 0 Å². The molecule has 3 aromatic rings. The Labute approximate surface area is 184 Å². The summed E-state index contributed by atoms with van der Waals surface area (Å²) in [5.41, 5.74) is 5.28. The van der Waals surface area contributed by atoms with E-state index in [1.165, 1.54) is 22.3 Å². The Kier molecular flexibility index (Phi) is 7.46. The molecule has 0 saturated carbocycles. The molecular weight excluding hydrogens is 386 g/mol. The lowest BCUT2D eigenvalue weighted by molar-refractivity contribution is 0.0791. The lowest BCUT2D eigenvalue weighted by Gasteiger charge is -2.30. The highest BCUT2D eigenvalue weighted by molar-refractivity contribution is 5.28. The van der Waals surface area contributed by atoms with Gasteiger partial charge in [-0.25, -0.2) is 4.98 Å². The van der Waals surface area contributed by atoms with Gasteiger partial charge in [0.2, 0.25) is 0 Å². The molecule has 1 aliphatic rings. The average molecular weight is 420 g/mol. The zero-order valence-corrected chi connectivity index (χ0v) is 18.3. The summed E-state index contributed by atoms with van der Waals surface area (Å²) in [6.07, 6.45) is 5.92. The molecule has 2 N–H and O–H groups in total. The van der Waals surface area contributed by atoms with E-state index in [1.807, 2.05) is 4.68 Å². The number of hydrogen-bond donors (Lipinski definition) is 2. The summed E-state index contributed by atoms with van der Waals surface area (Å²) < 4.78 is 1.89. The van der Waals surface area contributed by atoms with E-state index in [4.69, 9.17) is 0 Å². The lowest BCUT2D eigenvalue weighted by atomic mass is 10.0. The van der Waals surface area contributed by atoms with Crippen LogP contribution in [0.3, 0.4) is 0 Å². The molecular formula is C25H33N5O. The van der Waals surface area contributed by atoms with E-state index >= 15 is 0 Å². The first kappa shape index (κ1) is 21.7. The van der Waals surface area contributed by atoms with Gasteiger partial charge in [-0.2, -0.15) is 5.10 Å². The number of aliphatic hydroxyl groups is 1. The summed E-state index contributed by atoms with van der Waals surface area (Å²) in [6.45, 7) is 6.64. The van der Waals surface area contributed by atoms with E-state index < -0.39 is 0 Å². The third-order valence-electron chi connectivity index (χ3n) is 6.20. The van der Waals surface area contributed by atoms with Gasteiger partial charge in [-0.15, -0.1) is 0 Å². The number of benzene rings is 2. The molecule has 6 heteroatoms. The SMILES string of the molecule is Cc1ccc([C@@H](CCn2cncn2)NCc2ccccc2CN2CCC(O)CC2)cc1. The number of aromatic nitrogens is 3. The molecule has 31 heavy (non-hydrogen) atoms. The summed E-state index contributed by atoms with van der Waals surface area (Å²) >= 11 is 0. The van der Waals surface area contributed by atoms with Gasteiger partial charge in [0.1, 0.15) is 12.7 Å². The lowest BCUT2D eigenvalue weighted by Crippen LogP contribution is -2.35. The number of hydrogen-bond acceptors (Lipinski definition) is 5. The van der Waals surface area contributed by atoms with Crippen molar-refractivity contribution >= 4 is 0 Å². The zero-order valence-electron chi connectivity index (χ0n) is 18.3. The Balaban J connectivity index is 1.43. The number of likely N-dealkylation sites (tertiary alicyclic amines) is 1. The third-order valence-corrected chi connectivity index (χ3v) is 6.20. The highest BCUT2D eigenvalue weighted by Crippen LogP contribution is 2.21. The van der Waals surface area contributed by atoms with Crippen LogP contribution >= 0.6 is 0 Å². The Morgan fingerprint density at radius 2 is 1.81 bits per heavy atom. The molecule has 1 aromatic heterocycles. The monoisotopic (exact) mass is 419 g/mol. The van der Waals surface area contributed by atoms with Crippen LogP contribution in [0.2, 0.25) is 0 Å². The van der Waals surface area contributed by atoms with Gasteiger partial charge in [0.15, 0.2) is 0 Å². The maximum absolute atomic E-state index is 9.79. The smallest absolute Gasteiger partial charge is 0.137 e. The van der Waals surface area contributed by atoms with E-state index in [-0.39, 0.29) is 12.1 Å². The minimum atomic E-state index is -0.131. The number of aliphatic hydroxyl groups excluding tert-OH is 1. The first-order chi connectivity index (χ1) is 15.2. The fraction of sp³-hybridized carbons (Fsp3) is 0.440. The summed E-state index contributed by atoms with van der Waals surface area (Å²) in [6, 6.07) is 17.7. The molecule has 0 unspecified atom stereocenters. The zero-order chi connectivity index (χ0) is 21.5. The summed E-state index contributed by atoms with van der Waals surface area (Å²) in [4.78, 5) is 6.51. The highest BCUT2D eigenvalue weighted by Gasteiger charge is 2.18. The van der Waals surface area contributed by atoms with Crippen molar-refractivity contribution in [3.8, 4) is 0 Å². The van der Waals surface area contributed by atoms with Gasteiger partial charge in [0, 0.05) is 38.8 Å². The van der Waals surface area contributed by atoms with E-state index in [0.717, 1.165) is 52.0 Å². The summed E-state index contributed by atoms with van der Waals surface area (Å²) in [5, 5.41) is 17.8. The first-order valence-corrected chi connectivity index (χ1v) is 11.3. The minimum absolute atomic E-state index is 0.131. The van der Waals surface area contributed by atoms with Crippen LogP contribution in [0.5, 0.6) is 0 Å². The molecule has 2 aromatic carbocycles. The maximum atomic E-state index is 9.79. The van der Waals surface area contributed by atoms with Crippen molar-refractivity contribution in [2.75, 3.05) is 13.1 Å². The Bertz CT molecular complexity index is 917. The van der Waals surface area contributed by atoms with E-state index in [2.05, 4.69) is 75.8 Å². The van der Waals surface area contributed by atoms with Gasteiger partial charge in [-0.1, -0.05) is 54.1 Å². The van der Waals surface area contributed by atoms with E-state index in [1.54, 1.807) is 12.7 Å². The van der Waals surface area contributed by atoms with Crippen LogP contribution in [0.4, 0.5) is 0 Å². The minimum Gasteiger partial charge on any atom is -0.393 e. The largest absolute Gasteiger partial charge is 0.393 e. The Morgan fingerprint density at radius 3 is 2.52 bits per heavy atom. The number of nitrogens with one attached hydrogen (secondary N) is 1. The summed E-state index contributed by atoms with van der Waals surface area (Å²) in [7, 11) is 0. The van der Waals surface area contributed by atoms with Crippen LogP contribution in [0.25, 0.3) is 0 Å². The van der Waals surface area contributed by atoms with Crippen molar-refractivity contribution in [1.29, 1.82) is 0 Å². The van der Waals surface area contributed by atoms with Crippen LogP contribution in [0.1, 0.15) is 47.6 Å². The third kappa shape index (κ3) is 6.23. The number of aryl methyl sites for hydroxylation is 2. The normalized spacial score (nSPS) is 16.5. The molecule has 0 amide bonds. The second-order valence-electron chi connectivity index (χ2n) is 8.57. The first-order valence-electron chi connectivity index (χ1n) is 11.3. The quantitative estimate of drug-likeness (QED) is 0.556. The van der Waals surface area contributed by atoms with Crippen molar-refractivity contribution in [1.82, 2.24) is 25.0 Å². The predicted octanol–water partition coefficient (Wildman–Crippen LogP) is 3.46. The molecule has 1 atom stereocenters. The number of rotatable bonds is 9. The molecule has 0 radical (unpaired) electrons. The molecule has 2 heterocycles. The molecule has 1 fully saturated rings. The van der Waals surface area contributed by atoms with Crippen LogP contribution < -0.4 is 5.32 Å². The van der Waals surface area contributed by atoms with Gasteiger partial charge in [0.05, 0.1) is 6.10 Å². The molecule has 1 aliphatic heterocycles. The average Bonchev–Trinajstić information content (AvgIpc) is 3.31. The second-order valence-corrected chi connectivity index (χ2v) is 8.57. The van der Waals surface area contributed by atoms with Crippen molar-refractivity contribution in [3.05, 3.63) is 83.4 Å². The molecule has 6 nitrogen and oxygen atoms in total. The van der Waals surface area contributed by atoms with E-state index in [9.17, 15) is 5.11 Å². The predicted molar refractivity (Wildman–Crippen MR) is 122 cm³/mol. The fourth-order valence-corrected chi connectivity index (χ4v) is 4.23. The van der Waals surface area contributed by atoms with Crippen molar-refractivity contribution in [3.63, 3.8) is 0 Å². The highest BCUT2D eigenvalue weighted by atomic mass is 16.3. The van der Waals surface area contributed by atoms with Crippen LogP contribution in [-0.4, -0.2) is 44.0 Å². The van der Waals surface area contributed by atoms with Crippen molar-refractivity contribution < 1.29 is 5.11 Å². The van der Waals surface area contributed by atoms with Gasteiger partial charge >= 0.3 is 0 Å². The molecule has 164 valence electrons. The fourth-order valence-electron chi connectivity index (χ4n) is 4.23. The molecule has 0 aliphatic carbocycles. The van der Waals surface area contributed by atoms with Crippen LogP contribution in [0.15, 0.2) is 61.2 Å². The Hall–Kier alpha value is -2.54. The summed E-state index contributed by atoms with van der Waals surface area (Å²) in [5.74, 6) is 0. The topological polar surface area (TPSA) is 66.2 Å². The standard InChI is InChI=1S/C25H33N5O/c1-20-6-8-21(9-7-20)25(12-15-30-19-26-18-28-30)27-16-22-4-2-3-5-23(22)17-29-13-10-24(31)11-14-29/h2-9,18-19,24-25,27,31H,10-17H2,1H3/t25-/m1/s1. The molecule has 0 bridgehead atoms. The van der Waals surface area contributed by atoms with Crippen molar-refractivity contribution in [2.45, 2.75) is 58.0 Å². The molecule has 0 spiro atoms. The molecule has 1 saturated heterocycles. The maximum Gasteiger partial charge on any atom is 0.137 e. The second kappa shape index (κ2) is 10.7. The van der Waals surface area contributed by atoms with Gasteiger partial charge in [-0.05, 0) is 42.9 Å². The van der Waals surface area contributed by atoms with Gasteiger partial charge < -0.3 is 10.4 Å². The van der Waals surface area contributed by atoms with E-state index in [0.29, 0.717) is 0 Å². The van der Waals surface area contributed by atoms with Crippen LogP contribution in [0, 0.1) is 6.92 Å². The molecule has 4 rings (SSSR count). The number of piperidine rings is 1. The van der Waals surface area contributed by atoms with Crippen molar-refractivity contribution in [2.24, 2.45) is 0 Å². The van der Waals surface area contributed by atoms with Gasteiger partial charge in [-0.3, -0.25) is 9.58 Å². The number of nitrogens with zero attached hydrogens (tertiary/aromatic N) is 4.